The predicted molar refractivity (Wildman–Crippen MR) is 37.8 cm³/mol. The van der Waals surface area contributed by atoms with E-state index < -0.39 is 24.8 Å². The van der Waals surface area contributed by atoms with E-state index in [0.29, 0.717) is 0 Å². The van der Waals surface area contributed by atoms with Gasteiger partial charge in [0.15, 0.2) is 0 Å². The van der Waals surface area contributed by atoms with Crippen molar-refractivity contribution in [3.8, 4) is 0 Å². The van der Waals surface area contributed by atoms with Gasteiger partial charge in [0.2, 0.25) is 5.91 Å². The molecule has 12 heavy (non-hydrogen) atoms. The average molecular weight is 252 g/mol. The van der Waals surface area contributed by atoms with Crippen molar-refractivity contribution in [2.24, 2.45) is 0 Å². The minimum Gasteiger partial charge on any atom is -0.349 e. The van der Waals surface area contributed by atoms with Gasteiger partial charge < -0.3 is 5.32 Å². The van der Waals surface area contributed by atoms with Crippen molar-refractivity contribution in [1.82, 2.24) is 5.32 Å². The highest BCUT2D eigenvalue weighted by Gasteiger charge is 2.40. The lowest BCUT2D eigenvalue weighted by atomic mass is 10.3. The zero-order chi connectivity index (χ0) is 9.78. The Morgan fingerprint density at radius 2 is 2.00 bits per heavy atom. The van der Waals surface area contributed by atoms with Gasteiger partial charge in [-0.05, 0) is 0 Å². The summed E-state index contributed by atoms with van der Waals surface area (Å²) in [4.78, 5) is 10.3. The molecule has 72 valence electrons. The van der Waals surface area contributed by atoms with Crippen LogP contribution in [0.5, 0.6) is 0 Å². The maximum atomic E-state index is 12.1. The Hall–Kier alpha value is -0.330. The summed E-state index contributed by atoms with van der Waals surface area (Å²) < 4.78 is 47.0. The van der Waals surface area contributed by atoms with Crippen molar-refractivity contribution in [3.05, 3.63) is 0 Å². The molecule has 0 aromatic rings. The van der Waals surface area contributed by atoms with Gasteiger partial charge in [-0.25, -0.2) is 8.78 Å². The molecule has 0 aliphatic rings. The Balaban J connectivity index is 3.83. The van der Waals surface area contributed by atoms with Gasteiger partial charge >= 0.3 is 12.3 Å². The lowest BCUT2D eigenvalue weighted by molar-refractivity contribution is -0.135. The maximum Gasteiger partial charge on any atom is 0.324 e. The molecule has 0 aromatic carbocycles. The first-order chi connectivity index (χ1) is 5.40. The van der Waals surface area contributed by atoms with Crippen LogP contribution < -0.4 is 5.32 Å². The third kappa shape index (κ3) is 3.89. The largest absolute Gasteiger partial charge is 0.349 e. The molecule has 0 bridgehead atoms. The normalized spacial score (nSPS) is 11.8. The highest BCUT2D eigenvalue weighted by Crippen LogP contribution is 2.21. The summed E-state index contributed by atoms with van der Waals surface area (Å²) in [5, 5.41) is 1.45. The van der Waals surface area contributed by atoms with Crippen LogP contribution >= 0.6 is 15.9 Å². The Kier molecular flexibility index (Phi) is 4.51. The summed E-state index contributed by atoms with van der Waals surface area (Å²) in [6, 6.07) is 0. The van der Waals surface area contributed by atoms with Crippen LogP contribution in [0.3, 0.4) is 0 Å². The van der Waals surface area contributed by atoms with E-state index in [0.717, 1.165) is 0 Å². The molecule has 7 heteroatoms. The quantitative estimate of drug-likeness (QED) is 0.594. The summed E-state index contributed by atoms with van der Waals surface area (Å²) in [6.45, 7) is -1.34. The number of amides is 1. The fourth-order valence-corrected chi connectivity index (χ4v) is 0.539. The fraction of sp³-hybridized carbons (Fsp3) is 0.800. The third-order valence-corrected chi connectivity index (χ3v) is 1.47. The second kappa shape index (κ2) is 4.64. The molecule has 0 aromatic heterocycles. The van der Waals surface area contributed by atoms with Gasteiger partial charge in [-0.1, -0.05) is 15.9 Å². The standard InChI is InChI=1S/C5H6BrF4NO/c6-1-3(12)11-2-5(9,10)4(7)8/h4H,1-2H2,(H,11,12). The highest BCUT2D eigenvalue weighted by atomic mass is 79.9. The summed E-state index contributed by atoms with van der Waals surface area (Å²) in [7, 11) is 0. The predicted octanol–water partition coefficient (Wildman–Crippen LogP) is 1.40. The molecule has 0 fully saturated rings. The summed E-state index contributed by atoms with van der Waals surface area (Å²) in [5.74, 6) is -4.91. The SMILES string of the molecule is O=C(CBr)NCC(F)(F)C(F)F. The first kappa shape index (κ1) is 11.7. The number of rotatable bonds is 4. The van der Waals surface area contributed by atoms with Crippen LogP contribution in [0.2, 0.25) is 0 Å². The van der Waals surface area contributed by atoms with Crippen molar-refractivity contribution >= 4 is 21.8 Å². The number of carbonyl (C=O) groups excluding carboxylic acids is 1. The molecule has 0 radical (unpaired) electrons. The molecular weight excluding hydrogens is 246 g/mol. The molecule has 1 N–H and O–H groups in total. The molecule has 1 amide bonds. The summed E-state index contributed by atoms with van der Waals surface area (Å²) in [6.07, 6.45) is -3.76. The molecule has 0 unspecified atom stereocenters. The number of hydrogen-bond donors (Lipinski definition) is 1. The maximum absolute atomic E-state index is 12.1. The number of nitrogens with one attached hydrogen (secondary N) is 1. The fourth-order valence-electron chi connectivity index (χ4n) is 0.341. The molecule has 0 saturated carbocycles. The van der Waals surface area contributed by atoms with Crippen molar-refractivity contribution < 1.29 is 22.4 Å². The molecule has 0 heterocycles. The molecule has 0 atom stereocenters. The molecule has 2 nitrogen and oxygen atoms in total. The van der Waals surface area contributed by atoms with E-state index in [4.69, 9.17) is 0 Å². The molecule has 0 spiro atoms. The van der Waals surface area contributed by atoms with Gasteiger partial charge in [0.1, 0.15) is 0 Å². The first-order valence-corrected chi connectivity index (χ1v) is 4.01. The van der Waals surface area contributed by atoms with E-state index in [1.165, 1.54) is 0 Å². The van der Waals surface area contributed by atoms with Crippen molar-refractivity contribution in [3.63, 3.8) is 0 Å². The van der Waals surface area contributed by atoms with Gasteiger partial charge in [-0.15, -0.1) is 0 Å². The second-order valence-corrected chi connectivity index (χ2v) is 2.53. The van der Waals surface area contributed by atoms with Crippen LogP contribution in [-0.2, 0) is 4.79 Å². The van der Waals surface area contributed by atoms with Crippen LogP contribution in [0.4, 0.5) is 17.6 Å². The Morgan fingerprint density at radius 1 is 1.50 bits per heavy atom. The van der Waals surface area contributed by atoms with Crippen LogP contribution in [0.15, 0.2) is 0 Å². The molecule has 0 aliphatic heterocycles. The molecular formula is C5H6BrF4NO. The van der Waals surface area contributed by atoms with E-state index in [9.17, 15) is 22.4 Å². The van der Waals surface area contributed by atoms with Crippen molar-refractivity contribution in [2.75, 3.05) is 11.9 Å². The van der Waals surface area contributed by atoms with Crippen LogP contribution in [0.1, 0.15) is 0 Å². The summed E-state index contributed by atoms with van der Waals surface area (Å²) >= 11 is 2.68. The van der Waals surface area contributed by atoms with Gasteiger partial charge in [-0.3, -0.25) is 4.79 Å². The monoisotopic (exact) mass is 251 g/mol. The lowest BCUT2D eigenvalue weighted by Crippen LogP contribution is -2.41. The van der Waals surface area contributed by atoms with Crippen molar-refractivity contribution in [1.29, 1.82) is 0 Å². The second-order valence-electron chi connectivity index (χ2n) is 1.97. The van der Waals surface area contributed by atoms with Gasteiger partial charge in [-0.2, -0.15) is 8.78 Å². The Labute approximate surface area is 74.4 Å². The van der Waals surface area contributed by atoms with E-state index in [1.54, 1.807) is 5.32 Å². The van der Waals surface area contributed by atoms with E-state index in [1.807, 2.05) is 0 Å². The smallest absolute Gasteiger partial charge is 0.324 e. The van der Waals surface area contributed by atoms with E-state index in [-0.39, 0.29) is 5.33 Å². The number of halogens is 5. The van der Waals surface area contributed by atoms with Crippen LogP contribution in [0, 0.1) is 0 Å². The Morgan fingerprint density at radius 3 is 2.33 bits per heavy atom. The van der Waals surface area contributed by atoms with Crippen LogP contribution in [-0.4, -0.2) is 30.1 Å². The number of carbonyl (C=O) groups is 1. The molecule has 0 rings (SSSR count). The van der Waals surface area contributed by atoms with Gasteiger partial charge in [0.05, 0.1) is 11.9 Å². The third-order valence-electron chi connectivity index (χ3n) is 0.962. The minimum absolute atomic E-state index is 0.188. The first-order valence-electron chi connectivity index (χ1n) is 2.89. The van der Waals surface area contributed by atoms with E-state index >= 15 is 0 Å². The number of alkyl halides is 5. The minimum atomic E-state index is -4.15. The van der Waals surface area contributed by atoms with Crippen molar-refractivity contribution in [2.45, 2.75) is 12.3 Å². The molecule has 0 saturated heterocycles. The van der Waals surface area contributed by atoms with E-state index in [2.05, 4.69) is 15.9 Å². The zero-order valence-corrected chi connectivity index (χ0v) is 7.38. The topological polar surface area (TPSA) is 29.1 Å². The average Bonchev–Trinajstić information content (AvgIpc) is 2.00. The highest BCUT2D eigenvalue weighted by molar-refractivity contribution is 9.09. The number of hydrogen-bond acceptors (Lipinski definition) is 1. The lowest BCUT2D eigenvalue weighted by Gasteiger charge is -2.14. The van der Waals surface area contributed by atoms with Gasteiger partial charge in [0, 0.05) is 0 Å². The Bertz CT molecular complexity index is 164. The molecule has 0 aliphatic carbocycles. The van der Waals surface area contributed by atoms with Gasteiger partial charge in [0.25, 0.3) is 0 Å². The zero-order valence-electron chi connectivity index (χ0n) is 5.79. The van der Waals surface area contributed by atoms with Crippen LogP contribution in [0.25, 0.3) is 0 Å². The summed E-state index contributed by atoms with van der Waals surface area (Å²) in [5.41, 5.74) is 0.